The molecule has 5 heteroatoms. The molecule has 0 unspecified atom stereocenters. The molecule has 2 rings (SSSR count). The molecule has 1 amide bonds. The summed E-state index contributed by atoms with van der Waals surface area (Å²) < 4.78 is 1.35. The zero-order valence-electron chi connectivity index (χ0n) is 8.86. The van der Waals surface area contributed by atoms with Gasteiger partial charge in [0.2, 0.25) is 5.91 Å². The molecular weight excluding hydrogens is 228 g/mol. The van der Waals surface area contributed by atoms with Crippen molar-refractivity contribution < 1.29 is 4.79 Å². The summed E-state index contributed by atoms with van der Waals surface area (Å²) in [5.74, 6) is -0.0122. The van der Waals surface area contributed by atoms with Gasteiger partial charge in [0.15, 0.2) is 0 Å². The van der Waals surface area contributed by atoms with Gasteiger partial charge in [-0.05, 0) is 18.9 Å². The normalized spacial score (nSPS) is 15.4. The summed E-state index contributed by atoms with van der Waals surface area (Å²) in [5, 5.41) is 0.467. The molecule has 1 aromatic heterocycles. The lowest BCUT2D eigenvalue weighted by molar-refractivity contribution is -0.130. The highest BCUT2D eigenvalue weighted by atomic mass is 35.5. The number of likely N-dealkylation sites (tertiary alicyclic amines) is 1. The van der Waals surface area contributed by atoms with Gasteiger partial charge < -0.3 is 9.47 Å². The van der Waals surface area contributed by atoms with E-state index in [0.717, 1.165) is 25.9 Å². The van der Waals surface area contributed by atoms with Crippen LogP contribution in [-0.2, 0) is 11.3 Å². The van der Waals surface area contributed by atoms with Crippen molar-refractivity contribution in [1.82, 2.24) is 9.47 Å². The maximum atomic E-state index is 11.8. The van der Waals surface area contributed by atoms with E-state index >= 15 is 0 Å². The molecule has 1 aliphatic heterocycles. The Balaban J connectivity index is 2.11. The van der Waals surface area contributed by atoms with Gasteiger partial charge in [-0.3, -0.25) is 9.59 Å². The second kappa shape index (κ2) is 4.70. The van der Waals surface area contributed by atoms with E-state index in [0.29, 0.717) is 5.02 Å². The maximum absolute atomic E-state index is 11.8. The Hall–Kier alpha value is -1.29. The standard InChI is InChI=1S/C11H13ClN2O2/c12-9-3-4-10(15)14(7-9)8-11(16)13-5-1-2-6-13/h3-4,7H,1-2,5-6,8H2. The lowest BCUT2D eigenvalue weighted by Crippen LogP contribution is -2.34. The minimum absolute atomic E-state index is 0.0122. The van der Waals surface area contributed by atoms with Crippen LogP contribution < -0.4 is 5.56 Å². The molecule has 0 atom stereocenters. The van der Waals surface area contributed by atoms with Crippen molar-refractivity contribution in [2.24, 2.45) is 0 Å². The van der Waals surface area contributed by atoms with Crippen LogP contribution in [-0.4, -0.2) is 28.5 Å². The van der Waals surface area contributed by atoms with Gasteiger partial charge in [-0.25, -0.2) is 0 Å². The van der Waals surface area contributed by atoms with Gasteiger partial charge in [-0.2, -0.15) is 0 Å². The first-order valence-electron chi connectivity index (χ1n) is 5.30. The summed E-state index contributed by atoms with van der Waals surface area (Å²) in [4.78, 5) is 25.0. The van der Waals surface area contributed by atoms with Crippen LogP contribution in [0.5, 0.6) is 0 Å². The predicted octanol–water partition coefficient (Wildman–Crippen LogP) is 1.12. The van der Waals surface area contributed by atoms with Gasteiger partial charge in [0, 0.05) is 25.4 Å². The molecule has 0 aliphatic carbocycles. The molecular formula is C11H13ClN2O2. The molecule has 1 fully saturated rings. The smallest absolute Gasteiger partial charge is 0.251 e. The van der Waals surface area contributed by atoms with E-state index in [1.165, 1.54) is 22.9 Å². The summed E-state index contributed by atoms with van der Waals surface area (Å²) in [6.45, 7) is 1.68. The zero-order valence-corrected chi connectivity index (χ0v) is 9.61. The van der Waals surface area contributed by atoms with E-state index in [4.69, 9.17) is 11.6 Å². The lowest BCUT2D eigenvalue weighted by atomic mass is 10.4. The van der Waals surface area contributed by atoms with Crippen molar-refractivity contribution in [3.05, 3.63) is 33.7 Å². The topological polar surface area (TPSA) is 42.3 Å². The molecule has 0 saturated carbocycles. The molecule has 0 bridgehead atoms. The molecule has 0 aromatic carbocycles. The van der Waals surface area contributed by atoms with Crippen LogP contribution in [0.1, 0.15) is 12.8 Å². The molecule has 16 heavy (non-hydrogen) atoms. The van der Waals surface area contributed by atoms with Crippen LogP contribution in [0.2, 0.25) is 5.02 Å². The van der Waals surface area contributed by atoms with Gasteiger partial charge in [0.05, 0.1) is 5.02 Å². The Morgan fingerprint density at radius 2 is 2.00 bits per heavy atom. The molecule has 0 N–H and O–H groups in total. The highest BCUT2D eigenvalue weighted by Gasteiger charge is 2.18. The molecule has 0 radical (unpaired) electrons. The fraction of sp³-hybridized carbons (Fsp3) is 0.455. The number of carbonyl (C=O) groups excluding carboxylic acids is 1. The van der Waals surface area contributed by atoms with Crippen LogP contribution >= 0.6 is 11.6 Å². The summed E-state index contributed by atoms with van der Waals surface area (Å²) in [6, 6.07) is 2.90. The minimum Gasteiger partial charge on any atom is -0.341 e. The van der Waals surface area contributed by atoms with Gasteiger partial charge in [-0.15, -0.1) is 0 Å². The fourth-order valence-corrected chi connectivity index (χ4v) is 2.02. The van der Waals surface area contributed by atoms with Crippen LogP contribution in [0.25, 0.3) is 0 Å². The summed E-state index contributed by atoms with van der Waals surface area (Å²) in [5.41, 5.74) is -0.197. The predicted molar refractivity (Wildman–Crippen MR) is 61.5 cm³/mol. The molecule has 86 valence electrons. The number of hydrogen-bond donors (Lipinski definition) is 0. The number of rotatable bonds is 2. The molecule has 1 aliphatic rings. The van der Waals surface area contributed by atoms with Crippen molar-refractivity contribution in [3.8, 4) is 0 Å². The van der Waals surface area contributed by atoms with Gasteiger partial charge in [0.1, 0.15) is 6.54 Å². The van der Waals surface area contributed by atoms with Crippen molar-refractivity contribution in [3.63, 3.8) is 0 Å². The molecule has 1 saturated heterocycles. The van der Waals surface area contributed by atoms with Crippen molar-refractivity contribution in [2.75, 3.05) is 13.1 Å². The van der Waals surface area contributed by atoms with Crippen molar-refractivity contribution >= 4 is 17.5 Å². The lowest BCUT2D eigenvalue weighted by Gasteiger charge is -2.15. The van der Waals surface area contributed by atoms with Crippen molar-refractivity contribution in [2.45, 2.75) is 19.4 Å². The van der Waals surface area contributed by atoms with Crippen LogP contribution in [0, 0.1) is 0 Å². The third-order valence-electron chi connectivity index (χ3n) is 2.71. The SMILES string of the molecule is O=C(Cn1cc(Cl)ccc1=O)N1CCCC1. The number of amides is 1. The first kappa shape index (κ1) is 11.2. The largest absolute Gasteiger partial charge is 0.341 e. The van der Waals surface area contributed by atoms with E-state index in [2.05, 4.69) is 0 Å². The number of carbonyl (C=O) groups is 1. The van der Waals surface area contributed by atoms with E-state index in [9.17, 15) is 9.59 Å². The Morgan fingerprint density at radius 3 is 2.69 bits per heavy atom. The summed E-state index contributed by atoms with van der Waals surface area (Å²) >= 11 is 5.78. The number of pyridine rings is 1. The summed E-state index contributed by atoms with van der Waals surface area (Å²) in [6.07, 6.45) is 3.60. The molecule has 4 nitrogen and oxygen atoms in total. The van der Waals surface area contributed by atoms with E-state index in [-0.39, 0.29) is 18.0 Å². The second-order valence-corrected chi connectivity index (χ2v) is 4.34. The fourth-order valence-electron chi connectivity index (χ4n) is 1.84. The third kappa shape index (κ3) is 2.44. The first-order chi connectivity index (χ1) is 7.66. The Morgan fingerprint density at radius 1 is 1.31 bits per heavy atom. The number of halogens is 1. The van der Waals surface area contributed by atoms with Crippen LogP contribution in [0.3, 0.4) is 0 Å². The van der Waals surface area contributed by atoms with Gasteiger partial charge in [0.25, 0.3) is 5.56 Å². The molecule has 0 spiro atoms. The molecule has 1 aromatic rings. The number of nitrogens with zero attached hydrogens (tertiary/aromatic N) is 2. The van der Waals surface area contributed by atoms with Crippen molar-refractivity contribution in [1.29, 1.82) is 0 Å². The van der Waals surface area contributed by atoms with Gasteiger partial charge in [-0.1, -0.05) is 11.6 Å². The average Bonchev–Trinajstić information content (AvgIpc) is 2.76. The van der Waals surface area contributed by atoms with E-state index in [1.54, 1.807) is 4.90 Å². The minimum atomic E-state index is -0.197. The number of aromatic nitrogens is 1. The van der Waals surface area contributed by atoms with Crippen LogP contribution in [0.4, 0.5) is 0 Å². The first-order valence-corrected chi connectivity index (χ1v) is 5.68. The van der Waals surface area contributed by atoms with Crippen LogP contribution in [0.15, 0.2) is 23.1 Å². The summed E-state index contributed by atoms with van der Waals surface area (Å²) in [7, 11) is 0. The Kier molecular flexibility index (Phi) is 3.29. The second-order valence-electron chi connectivity index (χ2n) is 3.90. The monoisotopic (exact) mass is 240 g/mol. The molecule has 2 heterocycles. The maximum Gasteiger partial charge on any atom is 0.251 e. The number of hydrogen-bond acceptors (Lipinski definition) is 2. The van der Waals surface area contributed by atoms with E-state index in [1.807, 2.05) is 0 Å². The quantitative estimate of drug-likeness (QED) is 0.778. The average molecular weight is 241 g/mol. The van der Waals surface area contributed by atoms with E-state index < -0.39 is 0 Å². The zero-order chi connectivity index (χ0) is 11.5. The Labute approximate surface area is 98.4 Å². The highest BCUT2D eigenvalue weighted by molar-refractivity contribution is 6.30. The Bertz CT molecular complexity index is 450. The van der Waals surface area contributed by atoms with Gasteiger partial charge >= 0.3 is 0 Å². The highest BCUT2D eigenvalue weighted by Crippen LogP contribution is 2.09. The third-order valence-corrected chi connectivity index (χ3v) is 2.94.